The van der Waals surface area contributed by atoms with Gasteiger partial charge in [-0.15, -0.1) is 0 Å². The van der Waals surface area contributed by atoms with Crippen LogP contribution in [0.5, 0.6) is 0 Å². The lowest BCUT2D eigenvalue weighted by Crippen LogP contribution is -2.35. The molecule has 0 spiro atoms. The molecule has 0 aliphatic rings. The van der Waals surface area contributed by atoms with Gasteiger partial charge >= 0.3 is 0 Å². The lowest BCUT2D eigenvalue weighted by molar-refractivity contribution is -0.689. The number of hydrogen-bond donors (Lipinski definition) is 3. The Bertz CT molecular complexity index is 554. The van der Waals surface area contributed by atoms with Crippen LogP contribution in [0, 0.1) is 6.92 Å². The van der Waals surface area contributed by atoms with Crippen LogP contribution >= 0.6 is 11.3 Å². The molecule has 6 nitrogen and oxygen atoms in total. The molecule has 0 radical (unpaired) electrons. The molecular weight excluding hydrogens is 250 g/mol. The van der Waals surface area contributed by atoms with Gasteiger partial charge in [0.25, 0.3) is 0 Å². The van der Waals surface area contributed by atoms with Crippen LogP contribution in [0.3, 0.4) is 0 Å². The van der Waals surface area contributed by atoms with Crippen LogP contribution in [0.4, 0.5) is 11.8 Å². The summed E-state index contributed by atoms with van der Waals surface area (Å²) in [5.74, 6) is 0.591. The molecule has 2 heterocycles. The smallest absolute Gasteiger partial charge is 0.225 e. The number of thiazole rings is 1. The average Bonchev–Trinajstić information content (AvgIpc) is 2.66. The molecule has 0 aliphatic carbocycles. The number of nitrogens with two attached hydrogens (primary N) is 2. The summed E-state index contributed by atoms with van der Waals surface area (Å²) in [5, 5.41) is 8.96. The van der Waals surface area contributed by atoms with Gasteiger partial charge in [0.2, 0.25) is 11.5 Å². The number of nitrogens with zero attached hydrogens (tertiary/aromatic N) is 3. The summed E-state index contributed by atoms with van der Waals surface area (Å²) in [4.78, 5) is 9.06. The zero-order valence-electron chi connectivity index (χ0n) is 10.1. The Morgan fingerprint density at radius 2 is 2.22 bits per heavy atom. The summed E-state index contributed by atoms with van der Waals surface area (Å²) in [6.07, 6.45) is 2.32. The molecule has 0 aromatic carbocycles. The lowest BCUT2D eigenvalue weighted by Gasteiger charge is -2.01. The van der Waals surface area contributed by atoms with Crippen molar-refractivity contribution in [3.05, 3.63) is 27.8 Å². The maximum absolute atomic E-state index is 8.96. The minimum atomic E-state index is 0.161. The summed E-state index contributed by atoms with van der Waals surface area (Å²) < 4.78 is 2.07. The first-order valence-electron chi connectivity index (χ1n) is 5.56. The van der Waals surface area contributed by atoms with Crippen LogP contribution in [0.1, 0.15) is 16.1 Å². The fourth-order valence-electron chi connectivity index (χ4n) is 1.69. The van der Waals surface area contributed by atoms with Crippen molar-refractivity contribution in [3.8, 4) is 0 Å². The van der Waals surface area contributed by atoms with Crippen molar-refractivity contribution in [2.24, 2.45) is 0 Å². The SMILES string of the molecule is Cc1c(CCO)sc[n+]1Cc1cnc(N)nc1N. The molecule has 0 saturated heterocycles. The molecule has 2 aromatic rings. The van der Waals surface area contributed by atoms with Crippen molar-refractivity contribution < 1.29 is 9.67 Å². The van der Waals surface area contributed by atoms with Gasteiger partial charge in [0.1, 0.15) is 5.82 Å². The third kappa shape index (κ3) is 2.57. The van der Waals surface area contributed by atoms with E-state index in [9.17, 15) is 0 Å². The van der Waals surface area contributed by atoms with Crippen molar-refractivity contribution in [1.82, 2.24) is 9.97 Å². The van der Waals surface area contributed by atoms with Crippen molar-refractivity contribution in [2.45, 2.75) is 19.9 Å². The minimum Gasteiger partial charge on any atom is -0.396 e. The fourth-order valence-corrected chi connectivity index (χ4v) is 2.67. The molecule has 2 aromatic heterocycles. The Morgan fingerprint density at radius 3 is 2.89 bits per heavy atom. The van der Waals surface area contributed by atoms with Gasteiger partial charge in [-0.25, -0.2) is 4.98 Å². The number of aliphatic hydroxyl groups is 1. The molecule has 0 bridgehead atoms. The van der Waals surface area contributed by atoms with E-state index in [4.69, 9.17) is 16.6 Å². The van der Waals surface area contributed by atoms with Crippen LogP contribution < -0.4 is 16.0 Å². The Kier molecular flexibility index (Phi) is 3.73. The molecular formula is C11H16N5OS+. The molecule has 96 valence electrons. The Morgan fingerprint density at radius 1 is 1.44 bits per heavy atom. The van der Waals surface area contributed by atoms with E-state index in [1.54, 1.807) is 17.5 Å². The highest BCUT2D eigenvalue weighted by Crippen LogP contribution is 2.13. The van der Waals surface area contributed by atoms with E-state index >= 15 is 0 Å². The Hall–Kier alpha value is -1.73. The highest BCUT2D eigenvalue weighted by atomic mass is 32.1. The number of rotatable bonds is 4. The van der Waals surface area contributed by atoms with Crippen molar-refractivity contribution in [1.29, 1.82) is 0 Å². The average molecular weight is 266 g/mol. The van der Waals surface area contributed by atoms with Gasteiger partial charge in [-0.2, -0.15) is 9.55 Å². The molecule has 7 heteroatoms. The van der Waals surface area contributed by atoms with E-state index in [0.29, 0.717) is 18.8 Å². The third-order valence-corrected chi connectivity index (χ3v) is 3.90. The first-order valence-corrected chi connectivity index (χ1v) is 6.44. The highest BCUT2D eigenvalue weighted by molar-refractivity contribution is 7.09. The summed E-state index contributed by atoms with van der Waals surface area (Å²) in [6, 6.07) is 0. The zero-order chi connectivity index (χ0) is 13.1. The van der Waals surface area contributed by atoms with Gasteiger partial charge in [-0.3, -0.25) is 0 Å². The largest absolute Gasteiger partial charge is 0.396 e. The summed E-state index contributed by atoms with van der Waals surface area (Å²) in [5.41, 5.74) is 15.2. The van der Waals surface area contributed by atoms with E-state index in [1.165, 1.54) is 4.88 Å². The van der Waals surface area contributed by atoms with Gasteiger partial charge in [0, 0.05) is 26.1 Å². The number of hydrogen-bond acceptors (Lipinski definition) is 6. The summed E-state index contributed by atoms with van der Waals surface area (Å²) in [7, 11) is 0. The lowest BCUT2D eigenvalue weighted by atomic mass is 10.2. The number of aromatic nitrogens is 3. The van der Waals surface area contributed by atoms with Crippen LogP contribution in [0.2, 0.25) is 0 Å². The van der Waals surface area contributed by atoms with E-state index in [1.807, 2.05) is 12.4 Å². The first kappa shape index (κ1) is 12.7. The van der Waals surface area contributed by atoms with Gasteiger partial charge < -0.3 is 16.6 Å². The van der Waals surface area contributed by atoms with Gasteiger partial charge in [-0.05, 0) is 0 Å². The monoisotopic (exact) mass is 266 g/mol. The quantitative estimate of drug-likeness (QED) is 0.670. The number of aliphatic hydroxyl groups excluding tert-OH is 1. The second-order valence-electron chi connectivity index (χ2n) is 3.97. The van der Waals surface area contributed by atoms with E-state index in [0.717, 1.165) is 11.3 Å². The van der Waals surface area contributed by atoms with Crippen LogP contribution in [0.25, 0.3) is 0 Å². The molecule has 0 atom stereocenters. The second kappa shape index (κ2) is 5.28. The van der Waals surface area contributed by atoms with Crippen molar-refractivity contribution in [2.75, 3.05) is 18.1 Å². The van der Waals surface area contributed by atoms with Crippen molar-refractivity contribution >= 4 is 23.1 Å². The van der Waals surface area contributed by atoms with Crippen molar-refractivity contribution in [3.63, 3.8) is 0 Å². The Labute approximate surface area is 109 Å². The maximum atomic E-state index is 8.96. The van der Waals surface area contributed by atoms with E-state index in [-0.39, 0.29) is 12.6 Å². The standard InChI is InChI=1S/C11H16N5OS/c1-7-9(2-3-17)18-6-16(7)5-8-4-14-11(13)15-10(8)12/h4,6,17H,2-3,5H2,1H3,(H4,12,13,14,15)/q+1. The van der Waals surface area contributed by atoms with E-state index in [2.05, 4.69) is 14.5 Å². The molecule has 0 amide bonds. The highest BCUT2D eigenvalue weighted by Gasteiger charge is 2.17. The predicted molar refractivity (Wildman–Crippen MR) is 70.0 cm³/mol. The number of nitrogen functional groups attached to an aromatic ring is 2. The van der Waals surface area contributed by atoms with Gasteiger partial charge in [-0.1, -0.05) is 11.3 Å². The molecule has 0 aliphatic heterocycles. The molecule has 0 saturated carbocycles. The normalized spacial score (nSPS) is 10.8. The topological polar surface area (TPSA) is 102 Å². The minimum absolute atomic E-state index is 0.161. The molecule has 0 fully saturated rings. The van der Waals surface area contributed by atoms with Crippen LogP contribution in [-0.2, 0) is 13.0 Å². The molecule has 18 heavy (non-hydrogen) atoms. The molecule has 2 rings (SSSR count). The zero-order valence-corrected chi connectivity index (χ0v) is 10.9. The Balaban J connectivity index is 2.23. The molecule has 0 unspecified atom stereocenters. The predicted octanol–water partition coefficient (Wildman–Crippen LogP) is -0.118. The van der Waals surface area contributed by atoms with Gasteiger partial charge in [0.05, 0.1) is 10.4 Å². The second-order valence-corrected chi connectivity index (χ2v) is 4.91. The molecule has 5 N–H and O–H groups in total. The maximum Gasteiger partial charge on any atom is 0.225 e. The summed E-state index contributed by atoms with van der Waals surface area (Å²) >= 11 is 1.63. The van der Waals surface area contributed by atoms with Gasteiger partial charge in [0.15, 0.2) is 12.2 Å². The summed E-state index contributed by atoms with van der Waals surface area (Å²) in [6.45, 7) is 2.80. The first-order chi connectivity index (χ1) is 8.61. The van der Waals surface area contributed by atoms with Crippen LogP contribution in [0.15, 0.2) is 11.7 Å². The van der Waals surface area contributed by atoms with E-state index < -0.39 is 0 Å². The number of anilines is 2. The third-order valence-electron chi connectivity index (χ3n) is 2.75. The fraction of sp³-hybridized carbons (Fsp3) is 0.364. The van der Waals surface area contributed by atoms with Crippen LogP contribution in [-0.4, -0.2) is 21.7 Å².